The van der Waals surface area contributed by atoms with Crippen molar-refractivity contribution in [3.63, 3.8) is 0 Å². The third-order valence-electron chi connectivity index (χ3n) is 2.69. The molecule has 0 aliphatic rings. The van der Waals surface area contributed by atoms with E-state index in [4.69, 9.17) is 19.7 Å². The SMILES string of the molecule is CCOC(=O)C[N+](CCO)(CCO)CC(=O)OCC.[Cl-]. The van der Waals surface area contributed by atoms with Crippen LogP contribution in [0.15, 0.2) is 0 Å². The number of carbonyl (C=O) groups is 2. The van der Waals surface area contributed by atoms with Gasteiger partial charge in [0.1, 0.15) is 13.1 Å². The van der Waals surface area contributed by atoms with Crippen LogP contribution in [0.2, 0.25) is 0 Å². The molecule has 0 rings (SSSR count). The van der Waals surface area contributed by atoms with Crippen LogP contribution in [0.3, 0.4) is 0 Å². The molecule has 0 bridgehead atoms. The molecule has 0 aliphatic carbocycles. The predicted octanol–water partition coefficient (Wildman–Crippen LogP) is -4.08. The van der Waals surface area contributed by atoms with Crippen LogP contribution in [0.1, 0.15) is 13.8 Å². The Kier molecular flexibility index (Phi) is 12.7. The van der Waals surface area contributed by atoms with Gasteiger partial charge in [0.05, 0.1) is 26.4 Å². The molecule has 0 saturated carbocycles. The van der Waals surface area contributed by atoms with Gasteiger partial charge >= 0.3 is 11.9 Å². The van der Waals surface area contributed by atoms with Crippen LogP contribution in [0.5, 0.6) is 0 Å². The summed E-state index contributed by atoms with van der Waals surface area (Å²) in [6.07, 6.45) is 0. The van der Waals surface area contributed by atoms with E-state index in [9.17, 15) is 9.59 Å². The lowest BCUT2D eigenvalue weighted by Crippen LogP contribution is -3.00. The summed E-state index contributed by atoms with van der Waals surface area (Å²) >= 11 is 0. The molecule has 0 spiro atoms. The van der Waals surface area contributed by atoms with Gasteiger partial charge in [-0.25, -0.2) is 9.59 Å². The molecule has 0 unspecified atom stereocenters. The van der Waals surface area contributed by atoms with Crippen LogP contribution in [-0.4, -0.2) is 79.2 Å². The average Bonchev–Trinajstić information content (AvgIpc) is 2.29. The Morgan fingerprint density at radius 2 is 1.25 bits per heavy atom. The van der Waals surface area contributed by atoms with E-state index in [0.717, 1.165) is 0 Å². The Labute approximate surface area is 125 Å². The molecule has 0 aromatic rings. The molecule has 0 aromatic carbocycles. The topological polar surface area (TPSA) is 93.1 Å². The van der Waals surface area contributed by atoms with Crippen molar-refractivity contribution in [2.75, 3.05) is 52.6 Å². The van der Waals surface area contributed by atoms with Crippen LogP contribution in [0.4, 0.5) is 0 Å². The zero-order valence-corrected chi connectivity index (χ0v) is 12.8. The van der Waals surface area contributed by atoms with Gasteiger partial charge < -0.3 is 36.6 Å². The average molecular weight is 314 g/mol. The van der Waals surface area contributed by atoms with E-state index in [1.165, 1.54) is 0 Å². The second-order valence-corrected chi connectivity index (χ2v) is 4.16. The monoisotopic (exact) mass is 313 g/mol. The van der Waals surface area contributed by atoms with E-state index in [0.29, 0.717) is 0 Å². The van der Waals surface area contributed by atoms with E-state index in [1.54, 1.807) is 13.8 Å². The Hall–Kier alpha value is -0.890. The maximum atomic E-state index is 11.6. The van der Waals surface area contributed by atoms with Crippen molar-refractivity contribution in [3.05, 3.63) is 0 Å². The Bertz CT molecular complexity index is 259. The number of ether oxygens (including phenoxy) is 2. The molecule has 0 amide bonds. The first-order chi connectivity index (χ1) is 9.03. The first-order valence-electron chi connectivity index (χ1n) is 6.41. The van der Waals surface area contributed by atoms with Crippen molar-refractivity contribution in [3.8, 4) is 0 Å². The molecule has 0 atom stereocenters. The molecule has 0 aliphatic heterocycles. The number of halogens is 1. The molecule has 120 valence electrons. The maximum Gasteiger partial charge on any atom is 0.361 e. The summed E-state index contributed by atoms with van der Waals surface area (Å²) in [4.78, 5) is 23.2. The third-order valence-corrected chi connectivity index (χ3v) is 2.69. The smallest absolute Gasteiger partial charge is 0.361 e. The van der Waals surface area contributed by atoms with Crippen molar-refractivity contribution >= 4 is 11.9 Å². The van der Waals surface area contributed by atoms with Gasteiger partial charge in [-0.3, -0.25) is 0 Å². The Morgan fingerprint density at radius 1 is 0.900 bits per heavy atom. The molecule has 0 saturated heterocycles. The number of hydrogen-bond donors (Lipinski definition) is 2. The minimum Gasteiger partial charge on any atom is -1.00 e. The van der Waals surface area contributed by atoms with Crippen molar-refractivity contribution in [2.45, 2.75) is 13.8 Å². The van der Waals surface area contributed by atoms with E-state index in [-0.39, 0.29) is 69.5 Å². The van der Waals surface area contributed by atoms with Crippen molar-refractivity contribution < 1.29 is 46.2 Å². The number of rotatable bonds is 10. The fourth-order valence-electron chi connectivity index (χ4n) is 1.87. The van der Waals surface area contributed by atoms with Crippen molar-refractivity contribution in [2.24, 2.45) is 0 Å². The highest BCUT2D eigenvalue weighted by Gasteiger charge is 2.33. The van der Waals surface area contributed by atoms with E-state index in [1.807, 2.05) is 0 Å². The normalized spacial score (nSPS) is 10.6. The minimum atomic E-state index is -0.464. The predicted molar refractivity (Wildman–Crippen MR) is 67.2 cm³/mol. The fourth-order valence-corrected chi connectivity index (χ4v) is 1.87. The third kappa shape index (κ3) is 8.31. The number of carbonyl (C=O) groups excluding carboxylic acids is 2. The van der Waals surface area contributed by atoms with Crippen molar-refractivity contribution in [1.29, 1.82) is 0 Å². The number of hydrogen-bond acceptors (Lipinski definition) is 6. The summed E-state index contributed by atoms with van der Waals surface area (Å²) < 4.78 is 9.66. The number of quaternary nitrogens is 1. The fraction of sp³-hybridized carbons (Fsp3) is 0.833. The molecular formula is C12H24ClNO6. The summed E-state index contributed by atoms with van der Waals surface area (Å²) in [5, 5.41) is 18.2. The van der Waals surface area contributed by atoms with E-state index >= 15 is 0 Å². The highest BCUT2D eigenvalue weighted by Crippen LogP contribution is 2.08. The standard InChI is InChI=1S/C12H24NO6.ClH/c1-3-18-11(16)9-13(5-7-14,6-8-15)10-12(17)19-4-2;/h14-15H,3-10H2,1-2H3;1H/q+1;/p-1. The largest absolute Gasteiger partial charge is 1.00 e. The second kappa shape index (κ2) is 11.9. The van der Waals surface area contributed by atoms with E-state index in [2.05, 4.69) is 0 Å². The van der Waals surface area contributed by atoms with Gasteiger partial charge in [-0.15, -0.1) is 0 Å². The number of aliphatic hydroxyl groups is 2. The molecule has 8 heteroatoms. The summed E-state index contributed by atoms with van der Waals surface area (Å²) in [5.74, 6) is -0.928. The molecule has 0 radical (unpaired) electrons. The first kappa shape index (κ1) is 21.4. The highest BCUT2D eigenvalue weighted by atomic mass is 35.5. The molecule has 20 heavy (non-hydrogen) atoms. The lowest BCUT2D eigenvalue weighted by molar-refractivity contribution is -0.915. The van der Waals surface area contributed by atoms with Gasteiger partial charge in [0.15, 0.2) is 13.1 Å². The Balaban J connectivity index is 0. The number of aliphatic hydroxyl groups excluding tert-OH is 2. The summed E-state index contributed by atoms with van der Waals surface area (Å²) in [7, 11) is 0. The molecule has 7 nitrogen and oxygen atoms in total. The lowest BCUT2D eigenvalue weighted by Gasteiger charge is -2.35. The van der Waals surface area contributed by atoms with Crippen LogP contribution in [-0.2, 0) is 19.1 Å². The van der Waals surface area contributed by atoms with Gasteiger partial charge in [-0.2, -0.15) is 0 Å². The van der Waals surface area contributed by atoms with Crippen LogP contribution >= 0.6 is 0 Å². The van der Waals surface area contributed by atoms with Gasteiger partial charge in [-0.1, -0.05) is 0 Å². The number of nitrogens with zero attached hydrogens (tertiary/aromatic N) is 1. The van der Waals surface area contributed by atoms with Gasteiger partial charge in [0.25, 0.3) is 0 Å². The molecule has 2 N–H and O–H groups in total. The maximum absolute atomic E-state index is 11.6. The van der Waals surface area contributed by atoms with Crippen molar-refractivity contribution in [1.82, 2.24) is 0 Å². The lowest BCUT2D eigenvalue weighted by atomic mass is 10.3. The van der Waals surface area contributed by atoms with Gasteiger partial charge in [-0.05, 0) is 13.8 Å². The second-order valence-electron chi connectivity index (χ2n) is 4.16. The quantitative estimate of drug-likeness (QED) is 0.315. The Morgan fingerprint density at radius 3 is 1.50 bits per heavy atom. The minimum absolute atomic E-state index is 0. The molecule has 0 aromatic heterocycles. The van der Waals surface area contributed by atoms with Crippen LogP contribution in [0.25, 0.3) is 0 Å². The van der Waals surface area contributed by atoms with Crippen LogP contribution < -0.4 is 12.4 Å². The van der Waals surface area contributed by atoms with Crippen LogP contribution in [0, 0.1) is 0 Å². The zero-order valence-electron chi connectivity index (χ0n) is 12.0. The molecule has 0 heterocycles. The molecule has 0 fully saturated rings. The highest BCUT2D eigenvalue weighted by molar-refractivity contribution is 5.73. The van der Waals surface area contributed by atoms with Gasteiger partial charge in [0.2, 0.25) is 0 Å². The summed E-state index contributed by atoms with van der Waals surface area (Å²) in [6, 6.07) is 0. The zero-order chi connectivity index (χ0) is 14.7. The number of esters is 2. The first-order valence-corrected chi connectivity index (χ1v) is 6.41. The summed E-state index contributed by atoms with van der Waals surface area (Å²) in [6.45, 7) is 3.69. The molecular weight excluding hydrogens is 290 g/mol. The summed E-state index contributed by atoms with van der Waals surface area (Å²) in [5.41, 5.74) is 0. The van der Waals surface area contributed by atoms with E-state index < -0.39 is 11.9 Å². The van der Waals surface area contributed by atoms with Gasteiger partial charge in [0, 0.05) is 0 Å².